The fourth-order valence-electron chi connectivity index (χ4n) is 6.18. The molecule has 0 saturated carbocycles. The smallest absolute Gasteiger partial charge is 0.233 e. The molecule has 3 saturated heterocycles. The summed E-state index contributed by atoms with van der Waals surface area (Å²) in [7, 11) is 1.86. The Hall–Kier alpha value is -3.20. The van der Waals surface area contributed by atoms with E-state index in [4.69, 9.17) is 14.7 Å². The molecule has 1 aromatic heterocycles. The third-order valence-corrected chi connectivity index (χ3v) is 8.62. The number of anilines is 2. The molecule has 2 aromatic rings. The van der Waals surface area contributed by atoms with Crippen molar-refractivity contribution in [2.24, 2.45) is 0 Å². The molecule has 3 aliphatic rings. The summed E-state index contributed by atoms with van der Waals surface area (Å²) >= 11 is 0. The predicted molar refractivity (Wildman–Crippen MR) is 152 cm³/mol. The lowest BCUT2D eigenvalue weighted by Gasteiger charge is -2.44. The second kappa shape index (κ2) is 11.9. The van der Waals surface area contributed by atoms with Crippen LogP contribution in [0.4, 0.5) is 11.8 Å². The van der Waals surface area contributed by atoms with Crippen LogP contribution in [0.3, 0.4) is 0 Å². The van der Waals surface area contributed by atoms with Gasteiger partial charge in [-0.25, -0.2) is 4.98 Å². The van der Waals surface area contributed by atoms with Gasteiger partial charge in [0.1, 0.15) is 5.82 Å². The van der Waals surface area contributed by atoms with E-state index in [0.29, 0.717) is 65.2 Å². The molecule has 2 amide bonds. The zero-order valence-electron chi connectivity index (χ0n) is 23.6. The number of hydrogen-bond donors (Lipinski definition) is 1. The number of ether oxygens (including phenoxy) is 1. The fourth-order valence-corrected chi connectivity index (χ4v) is 6.18. The molecule has 0 aliphatic carbocycles. The molecular formula is C30H42N6O3. The number of rotatable bonds is 7. The molecule has 3 aliphatic heterocycles. The maximum absolute atomic E-state index is 14.0. The van der Waals surface area contributed by atoms with Crippen molar-refractivity contribution in [2.75, 3.05) is 63.2 Å². The minimum Gasteiger partial charge on any atom is -0.378 e. The average Bonchev–Trinajstić information content (AvgIpc) is 2.97. The molecule has 0 unspecified atom stereocenters. The first-order valence-corrected chi connectivity index (χ1v) is 14.5. The summed E-state index contributed by atoms with van der Waals surface area (Å²) in [5, 5.41) is 3.64. The lowest BCUT2D eigenvalue weighted by molar-refractivity contribution is -0.142. The van der Waals surface area contributed by atoms with Crippen molar-refractivity contribution in [2.45, 2.75) is 63.8 Å². The van der Waals surface area contributed by atoms with Crippen LogP contribution in [-0.4, -0.2) is 90.6 Å². The number of benzene rings is 1. The van der Waals surface area contributed by atoms with Gasteiger partial charge < -0.3 is 24.8 Å². The van der Waals surface area contributed by atoms with Crippen LogP contribution in [0.15, 0.2) is 30.3 Å². The highest BCUT2D eigenvalue weighted by Crippen LogP contribution is 2.39. The third kappa shape index (κ3) is 5.73. The molecular weight excluding hydrogens is 492 g/mol. The molecule has 1 atom stereocenters. The van der Waals surface area contributed by atoms with Crippen molar-refractivity contribution < 1.29 is 14.3 Å². The quantitative estimate of drug-likeness (QED) is 0.584. The number of nitrogens with zero attached hydrogens (tertiary/aromatic N) is 5. The van der Waals surface area contributed by atoms with Gasteiger partial charge in [0, 0.05) is 57.8 Å². The van der Waals surface area contributed by atoms with E-state index in [9.17, 15) is 9.59 Å². The minimum absolute atomic E-state index is 0.168. The Kier molecular flexibility index (Phi) is 8.35. The zero-order chi connectivity index (χ0) is 27.4. The molecule has 1 N–H and O–H groups in total. The SMILES string of the molecule is CCCc1nc(N2CCC(C(=O)N3CCOCC3)(c3ccccc3)CC2)nc(N[C@H]2CCC(=O)N(C)C2)c1C. The van der Waals surface area contributed by atoms with Crippen molar-refractivity contribution in [3.8, 4) is 0 Å². The van der Waals surface area contributed by atoms with Gasteiger partial charge >= 0.3 is 0 Å². The van der Waals surface area contributed by atoms with Crippen molar-refractivity contribution in [1.82, 2.24) is 19.8 Å². The lowest BCUT2D eigenvalue weighted by Crippen LogP contribution is -2.55. The van der Waals surface area contributed by atoms with Crippen molar-refractivity contribution >= 4 is 23.6 Å². The number of hydrogen-bond acceptors (Lipinski definition) is 7. The number of carbonyl (C=O) groups is 2. The van der Waals surface area contributed by atoms with Crippen molar-refractivity contribution in [3.63, 3.8) is 0 Å². The molecule has 4 heterocycles. The van der Waals surface area contributed by atoms with Crippen LogP contribution in [0.2, 0.25) is 0 Å². The molecule has 39 heavy (non-hydrogen) atoms. The Labute approximate surface area is 231 Å². The first kappa shape index (κ1) is 27.4. The largest absolute Gasteiger partial charge is 0.378 e. The second-order valence-corrected chi connectivity index (χ2v) is 11.2. The number of piperidine rings is 2. The lowest BCUT2D eigenvalue weighted by atomic mass is 9.71. The number of aromatic nitrogens is 2. The van der Waals surface area contributed by atoms with Gasteiger partial charge in [-0.3, -0.25) is 9.59 Å². The summed E-state index contributed by atoms with van der Waals surface area (Å²) in [5.74, 6) is 2.00. The van der Waals surface area contributed by atoms with Crippen LogP contribution >= 0.6 is 0 Å². The van der Waals surface area contributed by atoms with Crippen LogP contribution in [0.25, 0.3) is 0 Å². The summed E-state index contributed by atoms with van der Waals surface area (Å²) in [6.07, 6.45) is 4.67. The number of aryl methyl sites for hydroxylation is 1. The minimum atomic E-state index is -0.549. The first-order chi connectivity index (χ1) is 18.9. The molecule has 9 heteroatoms. The van der Waals surface area contributed by atoms with Gasteiger partial charge in [-0.15, -0.1) is 0 Å². The summed E-state index contributed by atoms with van der Waals surface area (Å²) in [6.45, 7) is 8.84. The van der Waals surface area contributed by atoms with Gasteiger partial charge in [-0.05, 0) is 38.2 Å². The topological polar surface area (TPSA) is 90.9 Å². The Balaban J connectivity index is 1.39. The summed E-state index contributed by atoms with van der Waals surface area (Å²) in [6, 6.07) is 10.4. The average molecular weight is 535 g/mol. The maximum atomic E-state index is 14.0. The van der Waals surface area contributed by atoms with Crippen molar-refractivity contribution in [3.05, 3.63) is 47.2 Å². The van der Waals surface area contributed by atoms with E-state index in [1.54, 1.807) is 4.90 Å². The van der Waals surface area contributed by atoms with E-state index in [1.807, 2.05) is 30.1 Å². The van der Waals surface area contributed by atoms with Gasteiger partial charge in [0.25, 0.3) is 0 Å². The van der Waals surface area contributed by atoms with Crippen LogP contribution in [0.1, 0.15) is 55.8 Å². The van der Waals surface area contributed by atoms with Crippen LogP contribution in [0.5, 0.6) is 0 Å². The molecule has 0 bridgehead atoms. The molecule has 9 nitrogen and oxygen atoms in total. The summed E-state index contributed by atoms with van der Waals surface area (Å²) in [5.41, 5.74) is 2.69. The zero-order valence-corrected chi connectivity index (χ0v) is 23.6. The maximum Gasteiger partial charge on any atom is 0.233 e. The number of carbonyl (C=O) groups excluding carboxylic acids is 2. The highest BCUT2D eigenvalue weighted by atomic mass is 16.5. The number of likely N-dealkylation sites (tertiary alicyclic amines) is 1. The van der Waals surface area contributed by atoms with Gasteiger partial charge in [0.05, 0.1) is 24.3 Å². The molecule has 210 valence electrons. The van der Waals surface area contributed by atoms with E-state index in [1.165, 1.54) is 0 Å². The van der Waals surface area contributed by atoms with E-state index in [2.05, 4.69) is 36.2 Å². The highest BCUT2D eigenvalue weighted by Gasteiger charge is 2.45. The molecule has 1 aromatic carbocycles. The normalized spacial score (nSPS) is 21.7. The fraction of sp³-hybridized carbons (Fsp3) is 0.600. The van der Waals surface area contributed by atoms with Gasteiger partial charge in [0.2, 0.25) is 17.8 Å². The molecule has 0 spiro atoms. The first-order valence-electron chi connectivity index (χ1n) is 14.5. The number of morpholine rings is 1. The van der Waals surface area contributed by atoms with E-state index in [0.717, 1.165) is 47.8 Å². The van der Waals surface area contributed by atoms with Gasteiger partial charge in [0.15, 0.2) is 0 Å². The number of nitrogens with one attached hydrogen (secondary N) is 1. The predicted octanol–water partition coefficient (Wildman–Crippen LogP) is 3.17. The Morgan fingerprint density at radius 1 is 1.10 bits per heavy atom. The van der Waals surface area contributed by atoms with E-state index in [-0.39, 0.29) is 17.9 Å². The molecule has 0 radical (unpaired) electrons. The van der Waals surface area contributed by atoms with Crippen LogP contribution in [0, 0.1) is 6.92 Å². The standard InChI is InChI=1S/C30H42N6O3/c1-4-8-25-22(2)27(31-24-11-12-26(37)34(3)21-24)33-29(32-25)36-15-13-30(14-16-36,23-9-6-5-7-10-23)28(38)35-17-19-39-20-18-35/h5-7,9-10,24H,4,8,11-21H2,1-3H3,(H,31,32,33)/t24-/m0/s1. The summed E-state index contributed by atoms with van der Waals surface area (Å²) < 4.78 is 5.52. The summed E-state index contributed by atoms with van der Waals surface area (Å²) in [4.78, 5) is 42.1. The Morgan fingerprint density at radius 2 is 1.82 bits per heavy atom. The molecule has 3 fully saturated rings. The third-order valence-electron chi connectivity index (χ3n) is 8.62. The van der Waals surface area contributed by atoms with E-state index < -0.39 is 5.41 Å². The van der Waals surface area contributed by atoms with Crippen LogP contribution in [-0.2, 0) is 26.2 Å². The van der Waals surface area contributed by atoms with Gasteiger partial charge in [-0.2, -0.15) is 4.98 Å². The number of likely N-dealkylation sites (N-methyl/N-ethyl adjacent to an activating group) is 1. The van der Waals surface area contributed by atoms with Crippen LogP contribution < -0.4 is 10.2 Å². The highest BCUT2D eigenvalue weighted by molar-refractivity contribution is 5.89. The van der Waals surface area contributed by atoms with Gasteiger partial charge in [-0.1, -0.05) is 43.7 Å². The molecule has 5 rings (SSSR count). The monoisotopic (exact) mass is 534 g/mol. The number of amides is 2. The second-order valence-electron chi connectivity index (χ2n) is 11.2. The van der Waals surface area contributed by atoms with Crippen molar-refractivity contribution in [1.29, 1.82) is 0 Å². The Bertz CT molecular complexity index is 1160. The Morgan fingerprint density at radius 3 is 2.49 bits per heavy atom. The van der Waals surface area contributed by atoms with E-state index >= 15 is 0 Å².